The van der Waals surface area contributed by atoms with Gasteiger partial charge in [0.1, 0.15) is 0 Å². The standard InChI is InChI=1S/C13H21NO2/c1-2-13(16)12-7-9-14(11-12)8-5-3-4-6-10-15/h7,9,11,15H,2-6,8,10H2,1H3. The zero-order valence-electron chi connectivity index (χ0n) is 9.98. The van der Waals surface area contributed by atoms with Crippen molar-refractivity contribution in [2.24, 2.45) is 0 Å². The van der Waals surface area contributed by atoms with Gasteiger partial charge in [-0.2, -0.15) is 0 Å². The topological polar surface area (TPSA) is 42.2 Å². The third-order valence-electron chi connectivity index (χ3n) is 2.72. The van der Waals surface area contributed by atoms with E-state index in [9.17, 15) is 4.79 Å². The molecule has 0 unspecified atom stereocenters. The molecule has 0 amide bonds. The van der Waals surface area contributed by atoms with Crippen LogP contribution in [0.2, 0.25) is 0 Å². The molecule has 0 radical (unpaired) electrons. The predicted molar refractivity (Wildman–Crippen MR) is 64.6 cm³/mol. The lowest BCUT2D eigenvalue weighted by molar-refractivity contribution is 0.0988. The minimum atomic E-state index is 0.207. The van der Waals surface area contributed by atoms with Gasteiger partial charge in [-0.25, -0.2) is 0 Å². The monoisotopic (exact) mass is 223 g/mol. The second-order valence-corrected chi connectivity index (χ2v) is 4.05. The molecule has 0 saturated heterocycles. The third kappa shape index (κ3) is 4.19. The average Bonchev–Trinajstić information content (AvgIpc) is 2.76. The van der Waals surface area contributed by atoms with Crippen LogP contribution in [0, 0.1) is 0 Å². The van der Waals surface area contributed by atoms with Crippen molar-refractivity contribution in [3.63, 3.8) is 0 Å². The molecule has 0 aromatic carbocycles. The summed E-state index contributed by atoms with van der Waals surface area (Å²) in [7, 11) is 0. The largest absolute Gasteiger partial charge is 0.396 e. The minimum absolute atomic E-state index is 0.207. The van der Waals surface area contributed by atoms with Gasteiger partial charge in [0, 0.05) is 37.5 Å². The Hall–Kier alpha value is -1.09. The van der Waals surface area contributed by atoms with E-state index in [2.05, 4.69) is 4.57 Å². The number of rotatable bonds is 8. The number of hydrogen-bond acceptors (Lipinski definition) is 2. The van der Waals surface area contributed by atoms with E-state index >= 15 is 0 Å². The molecule has 1 rings (SSSR count). The highest BCUT2D eigenvalue weighted by Crippen LogP contribution is 2.07. The number of nitrogens with zero attached hydrogens (tertiary/aromatic N) is 1. The molecule has 0 aliphatic rings. The van der Waals surface area contributed by atoms with Crippen molar-refractivity contribution in [2.75, 3.05) is 6.61 Å². The van der Waals surface area contributed by atoms with Crippen LogP contribution in [-0.2, 0) is 6.54 Å². The van der Waals surface area contributed by atoms with Gasteiger partial charge in [-0.1, -0.05) is 19.8 Å². The van der Waals surface area contributed by atoms with Gasteiger partial charge in [0.15, 0.2) is 5.78 Å². The summed E-state index contributed by atoms with van der Waals surface area (Å²) in [5.74, 6) is 0.207. The summed E-state index contributed by atoms with van der Waals surface area (Å²) in [5.41, 5.74) is 0.817. The van der Waals surface area contributed by atoms with Gasteiger partial charge in [-0.15, -0.1) is 0 Å². The van der Waals surface area contributed by atoms with Gasteiger partial charge in [-0.3, -0.25) is 4.79 Å². The Morgan fingerprint density at radius 3 is 2.75 bits per heavy atom. The van der Waals surface area contributed by atoms with Crippen LogP contribution >= 0.6 is 0 Å². The SMILES string of the molecule is CCC(=O)c1ccn(CCCCCCO)c1. The number of aliphatic hydroxyl groups excluding tert-OH is 1. The fraction of sp³-hybridized carbons (Fsp3) is 0.615. The maximum atomic E-state index is 11.4. The van der Waals surface area contributed by atoms with E-state index in [1.54, 1.807) is 0 Å². The number of unbranched alkanes of at least 4 members (excludes halogenated alkanes) is 3. The molecule has 0 atom stereocenters. The van der Waals surface area contributed by atoms with Crippen LogP contribution in [0.5, 0.6) is 0 Å². The van der Waals surface area contributed by atoms with Gasteiger partial charge in [-0.05, 0) is 18.9 Å². The zero-order chi connectivity index (χ0) is 11.8. The lowest BCUT2D eigenvalue weighted by Crippen LogP contribution is -1.97. The summed E-state index contributed by atoms with van der Waals surface area (Å²) in [4.78, 5) is 11.4. The number of aryl methyl sites for hydroxylation is 1. The molecule has 0 fully saturated rings. The van der Waals surface area contributed by atoms with Crippen LogP contribution in [0.4, 0.5) is 0 Å². The summed E-state index contributed by atoms with van der Waals surface area (Å²) >= 11 is 0. The molecule has 3 heteroatoms. The number of ketones is 1. The quantitative estimate of drug-likeness (QED) is 0.544. The van der Waals surface area contributed by atoms with Crippen molar-refractivity contribution in [1.82, 2.24) is 4.57 Å². The first-order valence-corrected chi connectivity index (χ1v) is 6.07. The average molecular weight is 223 g/mol. The summed E-state index contributed by atoms with van der Waals surface area (Å²) in [6.45, 7) is 3.13. The van der Waals surface area contributed by atoms with E-state index in [0.29, 0.717) is 13.0 Å². The van der Waals surface area contributed by atoms with Crippen LogP contribution in [0.15, 0.2) is 18.5 Å². The Kier molecular flexibility index (Phi) is 5.86. The van der Waals surface area contributed by atoms with Crippen molar-refractivity contribution in [3.05, 3.63) is 24.0 Å². The van der Waals surface area contributed by atoms with Crippen LogP contribution in [0.3, 0.4) is 0 Å². The first kappa shape index (κ1) is 13.0. The summed E-state index contributed by atoms with van der Waals surface area (Å²) in [6, 6.07) is 1.89. The van der Waals surface area contributed by atoms with E-state index in [4.69, 9.17) is 5.11 Å². The molecule has 3 nitrogen and oxygen atoms in total. The van der Waals surface area contributed by atoms with E-state index in [1.807, 2.05) is 25.4 Å². The van der Waals surface area contributed by atoms with E-state index in [1.165, 1.54) is 0 Å². The molecule has 0 saturated carbocycles. The van der Waals surface area contributed by atoms with Crippen molar-refractivity contribution < 1.29 is 9.90 Å². The smallest absolute Gasteiger partial charge is 0.164 e. The molecule has 1 aromatic rings. The first-order chi connectivity index (χ1) is 7.77. The van der Waals surface area contributed by atoms with Gasteiger partial charge < -0.3 is 9.67 Å². The van der Waals surface area contributed by atoms with Crippen molar-refractivity contribution in [3.8, 4) is 0 Å². The molecule has 0 bridgehead atoms. The van der Waals surface area contributed by atoms with Crippen molar-refractivity contribution >= 4 is 5.78 Å². The lowest BCUT2D eigenvalue weighted by atomic mass is 10.2. The number of aromatic nitrogens is 1. The summed E-state index contributed by atoms with van der Waals surface area (Å²) < 4.78 is 2.07. The second-order valence-electron chi connectivity index (χ2n) is 4.05. The molecule has 90 valence electrons. The van der Waals surface area contributed by atoms with Crippen LogP contribution in [0.1, 0.15) is 49.4 Å². The summed E-state index contributed by atoms with van der Waals surface area (Å²) in [6.07, 6.45) is 8.68. The van der Waals surface area contributed by atoms with Gasteiger partial charge >= 0.3 is 0 Å². The third-order valence-corrected chi connectivity index (χ3v) is 2.72. The number of aliphatic hydroxyl groups is 1. The highest BCUT2D eigenvalue weighted by atomic mass is 16.2. The van der Waals surface area contributed by atoms with Crippen LogP contribution in [-0.4, -0.2) is 22.1 Å². The van der Waals surface area contributed by atoms with Crippen molar-refractivity contribution in [2.45, 2.75) is 45.6 Å². The normalized spacial score (nSPS) is 10.6. The van der Waals surface area contributed by atoms with Gasteiger partial charge in [0.25, 0.3) is 0 Å². The maximum Gasteiger partial charge on any atom is 0.164 e. The molecule has 1 N–H and O–H groups in total. The van der Waals surface area contributed by atoms with Crippen LogP contribution in [0.25, 0.3) is 0 Å². The molecule has 1 heterocycles. The Morgan fingerprint density at radius 2 is 2.06 bits per heavy atom. The van der Waals surface area contributed by atoms with Gasteiger partial charge in [0.05, 0.1) is 0 Å². The van der Waals surface area contributed by atoms with Crippen LogP contribution < -0.4 is 0 Å². The molecule has 0 aliphatic carbocycles. The van der Waals surface area contributed by atoms with E-state index in [0.717, 1.165) is 37.8 Å². The molecular weight excluding hydrogens is 202 g/mol. The molecule has 0 spiro atoms. The lowest BCUT2D eigenvalue weighted by Gasteiger charge is -2.02. The Bertz CT molecular complexity index is 317. The van der Waals surface area contributed by atoms with Crippen molar-refractivity contribution in [1.29, 1.82) is 0 Å². The Balaban J connectivity index is 2.27. The second kappa shape index (κ2) is 7.23. The first-order valence-electron chi connectivity index (χ1n) is 6.07. The predicted octanol–water partition coefficient (Wildman–Crippen LogP) is 2.63. The maximum absolute atomic E-state index is 11.4. The van der Waals surface area contributed by atoms with E-state index < -0.39 is 0 Å². The highest BCUT2D eigenvalue weighted by Gasteiger charge is 2.04. The number of carbonyl (C=O) groups excluding carboxylic acids is 1. The Morgan fingerprint density at radius 1 is 1.31 bits per heavy atom. The number of carbonyl (C=O) groups is 1. The Labute approximate surface area is 97.1 Å². The number of hydrogen-bond donors (Lipinski definition) is 1. The fourth-order valence-corrected chi connectivity index (χ4v) is 1.71. The zero-order valence-corrected chi connectivity index (χ0v) is 9.98. The summed E-state index contributed by atoms with van der Waals surface area (Å²) in [5, 5.41) is 8.63. The van der Waals surface area contributed by atoms with E-state index in [-0.39, 0.29) is 5.78 Å². The molecule has 16 heavy (non-hydrogen) atoms. The highest BCUT2D eigenvalue weighted by molar-refractivity contribution is 5.95. The molecule has 1 aromatic heterocycles. The van der Waals surface area contributed by atoms with Gasteiger partial charge in [0.2, 0.25) is 0 Å². The molecular formula is C13H21NO2. The fourth-order valence-electron chi connectivity index (χ4n) is 1.71. The minimum Gasteiger partial charge on any atom is -0.396 e. The number of Topliss-reactive ketones (excluding diaryl/α,β-unsaturated/α-hetero) is 1. The molecule has 0 aliphatic heterocycles.